The Balaban J connectivity index is 1.50. The zero-order chi connectivity index (χ0) is 25.8. The second kappa shape index (κ2) is 10.0. The van der Waals surface area contributed by atoms with E-state index in [0.29, 0.717) is 34.1 Å². The van der Waals surface area contributed by atoms with Crippen LogP contribution in [0.25, 0.3) is 11.1 Å². The molecule has 0 amide bonds. The van der Waals surface area contributed by atoms with Crippen molar-refractivity contribution >= 4 is 23.0 Å². The molecule has 4 aromatic rings. The number of halogens is 6. The molecule has 12 heteroatoms. The molecule has 0 atom stereocenters. The first-order chi connectivity index (χ1) is 17.0. The number of nitrogens with one attached hydrogen (secondary N) is 2. The molecule has 186 valence electrons. The van der Waals surface area contributed by atoms with Gasteiger partial charge >= 0.3 is 12.7 Å². The van der Waals surface area contributed by atoms with Gasteiger partial charge < -0.3 is 20.1 Å². The van der Waals surface area contributed by atoms with Crippen LogP contribution in [0.3, 0.4) is 0 Å². The number of anilines is 4. The highest BCUT2D eigenvalue weighted by molar-refractivity contribution is 5.72. The third-order valence-corrected chi connectivity index (χ3v) is 4.53. The Morgan fingerprint density at radius 2 is 0.972 bits per heavy atom. The summed E-state index contributed by atoms with van der Waals surface area (Å²) in [5.74, 6) is -0.0311. The van der Waals surface area contributed by atoms with Crippen molar-refractivity contribution in [2.45, 2.75) is 12.7 Å². The topological polar surface area (TPSA) is 68.3 Å². The summed E-state index contributed by atoms with van der Waals surface area (Å²) in [6.45, 7) is 0. The van der Waals surface area contributed by atoms with E-state index < -0.39 is 12.7 Å². The van der Waals surface area contributed by atoms with Crippen LogP contribution in [-0.2, 0) is 0 Å². The molecule has 0 radical (unpaired) electrons. The molecule has 2 aromatic heterocycles. The molecule has 2 aromatic carbocycles. The number of nitrogens with zero attached hydrogens (tertiary/aromatic N) is 2. The highest BCUT2D eigenvalue weighted by atomic mass is 19.4. The first-order valence-corrected chi connectivity index (χ1v) is 10.2. The molecule has 0 spiro atoms. The van der Waals surface area contributed by atoms with Gasteiger partial charge in [-0.3, -0.25) is 0 Å². The summed E-state index contributed by atoms with van der Waals surface area (Å²) in [7, 11) is 0. The molecule has 0 aliphatic heterocycles. The molecule has 0 saturated heterocycles. The minimum atomic E-state index is -4.81. The van der Waals surface area contributed by atoms with Gasteiger partial charge in [0.15, 0.2) is 0 Å². The van der Waals surface area contributed by atoms with Crippen molar-refractivity contribution < 1.29 is 35.8 Å². The van der Waals surface area contributed by atoms with E-state index in [1.165, 1.54) is 48.8 Å². The van der Waals surface area contributed by atoms with Crippen LogP contribution in [0.5, 0.6) is 11.5 Å². The predicted octanol–water partition coefficient (Wildman–Crippen LogP) is 7.43. The van der Waals surface area contributed by atoms with Gasteiger partial charge in [-0.2, -0.15) is 0 Å². The van der Waals surface area contributed by atoms with Crippen molar-refractivity contribution in [2.75, 3.05) is 10.6 Å². The minimum Gasteiger partial charge on any atom is -0.406 e. The fraction of sp³-hybridized carbons (Fsp3) is 0.0833. The number of benzene rings is 2. The van der Waals surface area contributed by atoms with E-state index in [0.717, 1.165) is 0 Å². The molecule has 2 N–H and O–H groups in total. The Morgan fingerprint density at radius 1 is 0.556 bits per heavy atom. The number of rotatable bonds is 7. The maximum absolute atomic E-state index is 12.5. The monoisotopic (exact) mass is 506 g/mol. The molecule has 0 saturated carbocycles. The predicted molar refractivity (Wildman–Crippen MR) is 120 cm³/mol. The number of aromatic nitrogens is 2. The Morgan fingerprint density at radius 3 is 1.36 bits per heavy atom. The average Bonchev–Trinajstić information content (AvgIpc) is 2.78. The number of ether oxygens (including phenoxy) is 2. The minimum absolute atomic E-state index is 0.333. The van der Waals surface area contributed by atoms with Gasteiger partial charge in [0, 0.05) is 35.9 Å². The van der Waals surface area contributed by atoms with E-state index in [1.807, 2.05) is 0 Å². The van der Waals surface area contributed by atoms with Gasteiger partial charge in [0.25, 0.3) is 0 Å². The summed E-state index contributed by atoms with van der Waals surface area (Å²) in [4.78, 5) is 8.36. The van der Waals surface area contributed by atoms with Gasteiger partial charge in [0.2, 0.25) is 0 Å². The van der Waals surface area contributed by atoms with Crippen molar-refractivity contribution in [3.63, 3.8) is 0 Å². The SMILES string of the molecule is FC(F)(F)Oc1cccc(Nc2cc(-c3ccnc(Nc4cccc(OC(F)(F)F)c4)c3)ccn2)c1. The Hall–Kier alpha value is -4.48. The molecular formula is C24H16F6N4O2. The molecule has 4 rings (SSSR count). The summed E-state index contributed by atoms with van der Waals surface area (Å²) in [6.07, 6.45) is -6.59. The second-order valence-electron chi connectivity index (χ2n) is 7.26. The van der Waals surface area contributed by atoms with Crippen LogP contribution in [0.1, 0.15) is 0 Å². The first kappa shape index (κ1) is 24.6. The molecule has 0 bridgehead atoms. The lowest BCUT2D eigenvalue weighted by atomic mass is 10.1. The Bertz CT molecular complexity index is 1240. The summed E-state index contributed by atoms with van der Waals surface area (Å²) in [5.41, 5.74) is 2.07. The smallest absolute Gasteiger partial charge is 0.406 e. The van der Waals surface area contributed by atoms with Crippen LogP contribution in [-0.4, -0.2) is 22.7 Å². The van der Waals surface area contributed by atoms with Crippen LogP contribution < -0.4 is 20.1 Å². The number of hydrogen-bond donors (Lipinski definition) is 2. The van der Waals surface area contributed by atoms with Crippen LogP contribution in [0, 0.1) is 0 Å². The fourth-order valence-corrected chi connectivity index (χ4v) is 3.19. The quantitative estimate of drug-likeness (QED) is 0.254. The van der Waals surface area contributed by atoms with Gasteiger partial charge in [-0.15, -0.1) is 26.3 Å². The van der Waals surface area contributed by atoms with E-state index >= 15 is 0 Å². The van der Waals surface area contributed by atoms with Crippen molar-refractivity contribution in [1.29, 1.82) is 0 Å². The third kappa shape index (κ3) is 7.26. The van der Waals surface area contributed by atoms with Crippen LogP contribution in [0.15, 0.2) is 85.2 Å². The summed E-state index contributed by atoms with van der Waals surface area (Å²) in [6, 6.07) is 17.4. The normalized spacial score (nSPS) is 11.6. The maximum Gasteiger partial charge on any atom is 0.573 e. The van der Waals surface area contributed by atoms with E-state index in [-0.39, 0.29) is 11.5 Å². The van der Waals surface area contributed by atoms with Crippen molar-refractivity contribution in [1.82, 2.24) is 9.97 Å². The van der Waals surface area contributed by atoms with Gasteiger partial charge in [-0.05, 0) is 59.7 Å². The van der Waals surface area contributed by atoms with E-state index in [2.05, 4.69) is 30.1 Å². The molecule has 0 aliphatic carbocycles. The Kier molecular flexibility index (Phi) is 6.86. The van der Waals surface area contributed by atoms with E-state index in [1.54, 1.807) is 36.4 Å². The van der Waals surface area contributed by atoms with Crippen molar-refractivity contribution in [3.8, 4) is 22.6 Å². The summed E-state index contributed by atoms with van der Waals surface area (Å²) in [5, 5.41) is 5.85. The van der Waals surface area contributed by atoms with Crippen LogP contribution >= 0.6 is 0 Å². The van der Waals surface area contributed by atoms with Gasteiger partial charge in [-0.1, -0.05) is 12.1 Å². The molecule has 2 heterocycles. The lowest BCUT2D eigenvalue weighted by Gasteiger charge is -2.12. The van der Waals surface area contributed by atoms with Crippen LogP contribution in [0.4, 0.5) is 49.4 Å². The summed E-state index contributed by atoms with van der Waals surface area (Å²) < 4.78 is 82.7. The maximum atomic E-state index is 12.5. The zero-order valence-corrected chi connectivity index (χ0v) is 18.1. The first-order valence-electron chi connectivity index (χ1n) is 10.2. The lowest BCUT2D eigenvalue weighted by molar-refractivity contribution is -0.275. The summed E-state index contributed by atoms with van der Waals surface area (Å²) >= 11 is 0. The number of pyridine rings is 2. The molecule has 6 nitrogen and oxygen atoms in total. The highest BCUT2D eigenvalue weighted by Gasteiger charge is 2.31. The number of alkyl halides is 6. The zero-order valence-electron chi connectivity index (χ0n) is 18.1. The van der Waals surface area contributed by atoms with Crippen molar-refractivity contribution in [3.05, 3.63) is 85.2 Å². The Labute approximate surface area is 200 Å². The third-order valence-electron chi connectivity index (χ3n) is 4.53. The van der Waals surface area contributed by atoms with E-state index in [9.17, 15) is 26.3 Å². The van der Waals surface area contributed by atoms with Gasteiger partial charge in [-0.25, -0.2) is 9.97 Å². The molecule has 0 unspecified atom stereocenters. The van der Waals surface area contributed by atoms with Gasteiger partial charge in [0.1, 0.15) is 23.1 Å². The molecule has 0 aliphatic rings. The largest absolute Gasteiger partial charge is 0.573 e. The standard InChI is InChI=1S/C24H16F6N4O2/c25-23(26,27)35-19-5-1-3-17(13-19)33-21-11-15(7-9-31-21)16-8-10-32-22(12-16)34-18-4-2-6-20(14-18)36-24(28,29)30/h1-14H,(H,31,33)(H,32,34). The average molecular weight is 506 g/mol. The fourth-order valence-electron chi connectivity index (χ4n) is 3.19. The van der Waals surface area contributed by atoms with Gasteiger partial charge in [0.05, 0.1) is 0 Å². The lowest BCUT2D eigenvalue weighted by Crippen LogP contribution is -2.17. The van der Waals surface area contributed by atoms with Crippen molar-refractivity contribution in [2.24, 2.45) is 0 Å². The molecule has 36 heavy (non-hydrogen) atoms. The number of hydrogen-bond acceptors (Lipinski definition) is 6. The van der Waals surface area contributed by atoms with E-state index in [4.69, 9.17) is 0 Å². The molecule has 0 fully saturated rings. The molecular weight excluding hydrogens is 490 g/mol. The second-order valence-corrected chi connectivity index (χ2v) is 7.26. The highest BCUT2D eigenvalue weighted by Crippen LogP contribution is 2.30. The van der Waals surface area contributed by atoms with Crippen LogP contribution in [0.2, 0.25) is 0 Å².